The molecule has 1 aliphatic heterocycles. The van der Waals surface area contributed by atoms with E-state index in [1.54, 1.807) is 6.92 Å². The minimum Gasteiger partial charge on any atom is -0.374 e. The van der Waals surface area contributed by atoms with Gasteiger partial charge >= 0.3 is 0 Å². The van der Waals surface area contributed by atoms with Crippen molar-refractivity contribution >= 4 is 16.9 Å². The van der Waals surface area contributed by atoms with Crippen molar-refractivity contribution in [3.8, 4) is 0 Å². The number of morpholine rings is 1. The maximum Gasteiger partial charge on any atom is 0.186 e. The summed E-state index contributed by atoms with van der Waals surface area (Å²) in [7, 11) is 0. The van der Waals surface area contributed by atoms with E-state index in [0.717, 1.165) is 18.7 Å². The minimum atomic E-state index is 0.0695. The number of hydrogen-bond acceptors (Lipinski definition) is 4. The number of nitrogens with one attached hydrogen (secondary N) is 1. The van der Waals surface area contributed by atoms with E-state index < -0.39 is 0 Å². The fraction of sp³-hybridized carbons (Fsp3) is 0.462. The number of thioether (sulfide) groups is 1. The Labute approximate surface area is 106 Å². The highest BCUT2D eigenvalue weighted by molar-refractivity contribution is 8.13. The van der Waals surface area contributed by atoms with Gasteiger partial charge in [-0.15, -0.1) is 0 Å². The van der Waals surface area contributed by atoms with Crippen LogP contribution in [0.25, 0.3) is 0 Å². The van der Waals surface area contributed by atoms with Crippen LogP contribution in [-0.4, -0.2) is 30.9 Å². The summed E-state index contributed by atoms with van der Waals surface area (Å²) in [6.07, 6.45) is 0.0695. The lowest BCUT2D eigenvalue weighted by atomic mass is 10.1. The fourth-order valence-corrected chi connectivity index (χ4v) is 2.94. The SMILES string of the molecule is CC(=O)SC(c1ccccc1)[C@@H]1CNCCO1. The molecule has 4 heteroatoms. The van der Waals surface area contributed by atoms with Gasteiger partial charge in [-0.05, 0) is 5.56 Å². The van der Waals surface area contributed by atoms with Crippen LogP contribution in [0, 0.1) is 0 Å². The third kappa shape index (κ3) is 3.56. The number of hydrogen-bond donors (Lipinski definition) is 1. The van der Waals surface area contributed by atoms with Crippen molar-refractivity contribution in [2.75, 3.05) is 19.7 Å². The molecule has 0 spiro atoms. The van der Waals surface area contributed by atoms with Crippen LogP contribution in [0.15, 0.2) is 30.3 Å². The molecule has 3 nitrogen and oxygen atoms in total. The summed E-state index contributed by atoms with van der Waals surface area (Å²) < 4.78 is 5.76. The molecule has 0 aromatic heterocycles. The standard InChI is InChI=1S/C13H17NO2S/c1-10(15)17-13(11-5-3-2-4-6-11)12-9-14-7-8-16-12/h2-6,12-14H,7-9H2,1H3/t12-,13?/m0/s1. The molecule has 0 radical (unpaired) electrons. The second kappa shape index (κ2) is 6.19. The van der Waals surface area contributed by atoms with Crippen LogP contribution < -0.4 is 5.32 Å². The van der Waals surface area contributed by atoms with E-state index in [0.29, 0.717) is 6.61 Å². The van der Waals surface area contributed by atoms with Crippen LogP contribution >= 0.6 is 11.8 Å². The highest BCUT2D eigenvalue weighted by atomic mass is 32.2. The van der Waals surface area contributed by atoms with E-state index in [9.17, 15) is 4.79 Å². The topological polar surface area (TPSA) is 38.3 Å². The largest absolute Gasteiger partial charge is 0.374 e. The van der Waals surface area contributed by atoms with Crippen molar-refractivity contribution in [1.29, 1.82) is 0 Å². The van der Waals surface area contributed by atoms with Crippen molar-refractivity contribution in [2.24, 2.45) is 0 Å². The van der Waals surface area contributed by atoms with Gasteiger partial charge in [0.2, 0.25) is 0 Å². The van der Waals surface area contributed by atoms with E-state index in [1.807, 2.05) is 18.2 Å². The Morgan fingerprint density at radius 3 is 2.82 bits per heavy atom. The first-order chi connectivity index (χ1) is 8.27. The first-order valence-corrected chi connectivity index (χ1v) is 6.70. The van der Waals surface area contributed by atoms with Gasteiger partial charge in [0, 0.05) is 20.0 Å². The highest BCUT2D eigenvalue weighted by Crippen LogP contribution is 2.34. The lowest BCUT2D eigenvalue weighted by molar-refractivity contribution is -0.109. The molecule has 1 aromatic carbocycles. The molecule has 2 atom stereocenters. The summed E-state index contributed by atoms with van der Waals surface area (Å²) in [5, 5.41) is 3.53. The summed E-state index contributed by atoms with van der Waals surface area (Å²) in [5.74, 6) is 0. The van der Waals surface area contributed by atoms with Gasteiger partial charge < -0.3 is 10.1 Å². The molecule has 17 heavy (non-hydrogen) atoms. The van der Waals surface area contributed by atoms with E-state index in [-0.39, 0.29) is 16.5 Å². The van der Waals surface area contributed by atoms with E-state index in [4.69, 9.17) is 4.74 Å². The van der Waals surface area contributed by atoms with Crippen molar-refractivity contribution in [3.05, 3.63) is 35.9 Å². The summed E-state index contributed by atoms with van der Waals surface area (Å²) >= 11 is 1.36. The Morgan fingerprint density at radius 2 is 2.24 bits per heavy atom. The van der Waals surface area contributed by atoms with Gasteiger partial charge in [0.1, 0.15) is 0 Å². The molecule has 2 rings (SSSR count). The molecular weight excluding hydrogens is 234 g/mol. The molecule has 1 aliphatic rings. The number of ether oxygens (including phenoxy) is 1. The third-order valence-corrected chi connectivity index (χ3v) is 3.88. The second-order valence-electron chi connectivity index (χ2n) is 4.05. The van der Waals surface area contributed by atoms with Gasteiger partial charge in [-0.25, -0.2) is 0 Å². The summed E-state index contributed by atoms with van der Waals surface area (Å²) in [4.78, 5) is 11.4. The van der Waals surface area contributed by atoms with Crippen LogP contribution in [0.5, 0.6) is 0 Å². The molecule has 1 unspecified atom stereocenters. The molecule has 0 bridgehead atoms. The molecule has 1 fully saturated rings. The summed E-state index contributed by atoms with van der Waals surface area (Å²) in [5.41, 5.74) is 1.15. The molecule has 1 aromatic rings. The number of carbonyl (C=O) groups is 1. The Hall–Kier alpha value is -0.840. The zero-order valence-corrected chi connectivity index (χ0v) is 10.7. The van der Waals surface area contributed by atoms with Gasteiger partial charge in [0.25, 0.3) is 0 Å². The number of carbonyl (C=O) groups excluding carboxylic acids is 1. The van der Waals surface area contributed by atoms with Gasteiger partial charge in [-0.3, -0.25) is 4.79 Å². The van der Waals surface area contributed by atoms with Crippen LogP contribution in [0.4, 0.5) is 0 Å². The molecule has 1 heterocycles. The van der Waals surface area contributed by atoms with Crippen molar-refractivity contribution < 1.29 is 9.53 Å². The first kappa shape index (κ1) is 12.6. The van der Waals surface area contributed by atoms with Crippen LogP contribution in [0.3, 0.4) is 0 Å². The Bertz CT molecular complexity index is 363. The zero-order chi connectivity index (χ0) is 12.1. The fourth-order valence-electron chi connectivity index (χ4n) is 1.96. The van der Waals surface area contributed by atoms with Crippen LogP contribution in [-0.2, 0) is 9.53 Å². The van der Waals surface area contributed by atoms with Gasteiger partial charge in [-0.1, -0.05) is 42.1 Å². The predicted octanol–water partition coefficient (Wildman–Crippen LogP) is 2.00. The Morgan fingerprint density at radius 1 is 1.47 bits per heavy atom. The minimum absolute atomic E-state index is 0.0695. The number of rotatable bonds is 3. The average molecular weight is 251 g/mol. The number of benzene rings is 1. The maximum absolute atomic E-state index is 11.4. The van der Waals surface area contributed by atoms with Crippen molar-refractivity contribution in [2.45, 2.75) is 18.3 Å². The monoisotopic (exact) mass is 251 g/mol. The molecule has 1 N–H and O–H groups in total. The van der Waals surface area contributed by atoms with E-state index in [1.165, 1.54) is 11.8 Å². The Kier molecular flexibility index (Phi) is 4.59. The van der Waals surface area contributed by atoms with E-state index >= 15 is 0 Å². The van der Waals surface area contributed by atoms with Gasteiger partial charge in [0.05, 0.1) is 18.0 Å². The lowest BCUT2D eigenvalue weighted by Crippen LogP contribution is -2.41. The molecule has 0 aliphatic carbocycles. The van der Waals surface area contributed by atoms with Crippen molar-refractivity contribution in [3.63, 3.8) is 0 Å². The quantitative estimate of drug-likeness (QED) is 0.891. The van der Waals surface area contributed by atoms with Crippen LogP contribution in [0.2, 0.25) is 0 Å². The molecule has 1 saturated heterocycles. The van der Waals surface area contributed by atoms with Gasteiger partial charge in [-0.2, -0.15) is 0 Å². The average Bonchev–Trinajstić information content (AvgIpc) is 2.38. The van der Waals surface area contributed by atoms with E-state index in [2.05, 4.69) is 17.4 Å². The summed E-state index contributed by atoms with van der Waals surface area (Å²) in [6.45, 7) is 4.02. The normalized spacial score (nSPS) is 22.1. The molecule has 0 amide bonds. The zero-order valence-electron chi connectivity index (χ0n) is 9.89. The smallest absolute Gasteiger partial charge is 0.186 e. The Balaban J connectivity index is 2.15. The second-order valence-corrected chi connectivity index (χ2v) is 5.37. The third-order valence-electron chi connectivity index (χ3n) is 2.71. The van der Waals surface area contributed by atoms with Crippen molar-refractivity contribution in [1.82, 2.24) is 5.32 Å². The maximum atomic E-state index is 11.4. The molecular formula is C13H17NO2S. The van der Waals surface area contributed by atoms with Gasteiger partial charge in [0.15, 0.2) is 5.12 Å². The summed E-state index contributed by atoms with van der Waals surface area (Å²) in [6, 6.07) is 10.1. The highest BCUT2D eigenvalue weighted by Gasteiger charge is 2.27. The van der Waals surface area contributed by atoms with Crippen LogP contribution in [0.1, 0.15) is 17.7 Å². The molecule has 0 saturated carbocycles. The molecule has 92 valence electrons. The predicted molar refractivity (Wildman–Crippen MR) is 70.1 cm³/mol. The lowest BCUT2D eigenvalue weighted by Gasteiger charge is -2.30. The first-order valence-electron chi connectivity index (χ1n) is 5.82.